The van der Waals surface area contributed by atoms with Gasteiger partial charge in [-0.1, -0.05) is 5.16 Å². The molecule has 3 heterocycles. The molecule has 0 radical (unpaired) electrons. The molecule has 0 aliphatic carbocycles. The van der Waals surface area contributed by atoms with Crippen LogP contribution >= 0.6 is 0 Å². The van der Waals surface area contributed by atoms with Gasteiger partial charge in [0.05, 0.1) is 11.3 Å². The number of halogens is 3. The summed E-state index contributed by atoms with van der Waals surface area (Å²) in [5.74, 6) is -6.42. The fourth-order valence-electron chi connectivity index (χ4n) is 2.91. The third-order valence-corrected chi connectivity index (χ3v) is 5.52. The van der Waals surface area contributed by atoms with Gasteiger partial charge in [0, 0.05) is 24.5 Å². The third kappa shape index (κ3) is 4.91. The first-order chi connectivity index (χ1) is 16.1. The number of aryl methyl sites for hydroxylation is 1. The van der Waals surface area contributed by atoms with Crippen LogP contribution in [0.5, 0.6) is 11.6 Å². The number of hydrogen-bond donors (Lipinski definition) is 2. The summed E-state index contributed by atoms with van der Waals surface area (Å²) in [6.45, 7) is 1.54. The largest absolute Gasteiger partial charge is 0.435 e. The number of hydrogen-bond acceptors (Lipinski definition) is 9. The van der Waals surface area contributed by atoms with Crippen molar-refractivity contribution in [1.29, 1.82) is 0 Å². The molecular weight excluding hydrogens is 477 g/mol. The summed E-state index contributed by atoms with van der Waals surface area (Å²) in [6.07, 6.45) is 2.68. The molecule has 0 amide bonds. The van der Waals surface area contributed by atoms with Crippen LogP contribution in [0.15, 0.2) is 47.2 Å². The van der Waals surface area contributed by atoms with Gasteiger partial charge in [0.1, 0.15) is 22.9 Å². The summed E-state index contributed by atoms with van der Waals surface area (Å²) in [6, 6.07) is 6.35. The van der Waals surface area contributed by atoms with Crippen molar-refractivity contribution >= 4 is 21.7 Å². The molecule has 176 valence electrons. The molecule has 0 atom stereocenters. The quantitative estimate of drug-likeness (QED) is 0.370. The fourth-order valence-corrected chi connectivity index (χ4v) is 4.00. The van der Waals surface area contributed by atoms with E-state index in [4.69, 9.17) is 15.0 Å². The van der Waals surface area contributed by atoms with Gasteiger partial charge in [0.2, 0.25) is 27.7 Å². The first kappa shape index (κ1) is 23.0. The molecule has 0 fully saturated rings. The van der Waals surface area contributed by atoms with Crippen molar-refractivity contribution in [2.24, 2.45) is 0 Å². The number of ether oxygens (including phenoxy) is 1. The summed E-state index contributed by atoms with van der Waals surface area (Å²) in [5, 5.41) is 3.51. The van der Waals surface area contributed by atoms with Crippen LogP contribution in [0, 0.1) is 24.4 Å². The molecule has 1 aromatic carbocycles. The first-order valence-corrected chi connectivity index (χ1v) is 11.1. The van der Waals surface area contributed by atoms with Crippen LogP contribution in [-0.4, -0.2) is 28.5 Å². The van der Waals surface area contributed by atoms with E-state index in [9.17, 15) is 21.6 Å². The normalized spacial score (nSPS) is 11.4. The number of nitrogens with one attached hydrogen (secondary N) is 1. The molecule has 0 bridgehead atoms. The van der Waals surface area contributed by atoms with E-state index in [1.54, 1.807) is 4.72 Å². The smallest absolute Gasteiger partial charge is 0.238 e. The highest BCUT2D eigenvalue weighted by Crippen LogP contribution is 2.35. The maximum atomic E-state index is 14.7. The Bertz CT molecular complexity index is 1480. The molecule has 3 aromatic heterocycles. The molecular formula is C20H15F3N6O4S. The number of aromatic nitrogens is 4. The summed E-state index contributed by atoms with van der Waals surface area (Å²) in [7, 11) is -4.35. The molecule has 3 N–H and O–H groups in total. The van der Waals surface area contributed by atoms with Crippen LogP contribution in [0.2, 0.25) is 0 Å². The second kappa shape index (κ2) is 8.97. The molecule has 14 heteroatoms. The summed E-state index contributed by atoms with van der Waals surface area (Å²) in [4.78, 5) is 11.7. The lowest BCUT2D eigenvalue weighted by molar-refractivity contribution is 0.392. The maximum absolute atomic E-state index is 14.7. The molecule has 0 aliphatic heterocycles. The minimum Gasteiger partial charge on any atom is -0.435 e. The molecule has 34 heavy (non-hydrogen) atoms. The summed E-state index contributed by atoms with van der Waals surface area (Å²) in [5.41, 5.74) is 4.87. The minimum absolute atomic E-state index is 0.000665. The van der Waals surface area contributed by atoms with Gasteiger partial charge < -0.3 is 15.0 Å². The SMILES string of the molecule is Cc1cc(CS(=O)(=O)Nc2c(F)cc(Oc3ncccc3-c3ccnc(N)n3)c(F)c2F)no1. The molecule has 10 nitrogen and oxygen atoms in total. The Balaban J connectivity index is 1.64. The van der Waals surface area contributed by atoms with Gasteiger partial charge in [-0.15, -0.1) is 0 Å². The summed E-state index contributed by atoms with van der Waals surface area (Å²) >= 11 is 0. The number of rotatable bonds is 7. The number of nitrogen functional groups attached to an aromatic ring is 1. The van der Waals surface area contributed by atoms with E-state index in [-0.39, 0.29) is 28.8 Å². The second-order valence-electron chi connectivity index (χ2n) is 6.91. The molecule has 4 aromatic rings. The predicted octanol–water partition coefficient (Wildman–Crippen LogP) is 3.57. The minimum atomic E-state index is -4.35. The first-order valence-electron chi connectivity index (χ1n) is 9.45. The van der Waals surface area contributed by atoms with E-state index in [1.807, 2.05) is 0 Å². The zero-order valence-corrected chi connectivity index (χ0v) is 18.1. The van der Waals surface area contributed by atoms with E-state index in [2.05, 4.69) is 20.1 Å². The number of nitrogens with two attached hydrogens (primary N) is 1. The van der Waals surface area contributed by atoms with Gasteiger partial charge in [-0.05, 0) is 25.1 Å². The highest BCUT2D eigenvalue weighted by atomic mass is 32.2. The lowest BCUT2D eigenvalue weighted by atomic mass is 10.2. The van der Waals surface area contributed by atoms with Crippen molar-refractivity contribution in [2.75, 3.05) is 10.5 Å². The molecule has 0 unspecified atom stereocenters. The number of pyridine rings is 1. The van der Waals surface area contributed by atoms with Crippen LogP contribution in [0.4, 0.5) is 24.8 Å². The van der Waals surface area contributed by atoms with Crippen LogP contribution in [0.1, 0.15) is 11.5 Å². The Kier molecular flexibility index (Phi) is 6.06. The number of nitrogens with zero attached hydrogens (tertiary/aromatic N) is 4. The van der Waals surface area contributed by atoms with Gasteiger partial charge in [0.15, 0.2) is 17.4 Å². The highest BCUT2D eigenvalue weighted by molar-refractivity contribution is 7.91. The zero-order chi connectivity index (χ0) is 24.5. The van der Waals surface area contributed by atoms with Crippen molar-refractivity contribution < 1.29 is 30.8 Å². The highest BCUT2D eigenvalue weighted by Gasteiger charge is 2.26. The Morgan fingerprint density at radius 3 is 2.62 bits per heavy atom. The van der Waals surface area contributed by atoms with E-state index < -0.39 is 44.7 Å². The topological polar surface area (TPSA) is 146 Å². The van der Waals surface area contributed by atoms with E-state index >= 15 is 0 Å². The molecule has 0 spiro atoms. The Labute approximate surface area is 190 Å². The van der Waals surface area contributed by atoms with Crippen LogP contribution in [0.25, 0.3) is 11.3 Å². The van der Waals surface area contributed by atoms with Gasteiger partial charge in [-0.25, -0.2) is 32.2 Å². The Hall–Kier alpha value is -4.20. The van der Waals surface area contributed by atoms with Crippen molar-refractivity contribution in [3.05, 3.63) is 71.6 Å². The van der Waals surface area contributed by atoms with Crippen molar-refractivity contribution in [3.8, 4) is 22.9 Å². The predicted molar refractivity (Wildman–Crippen MR) is 114 cm³/mol. The third-order valence-electron chi connectivity index (χ3n) is 4.33. The maximum Gasteiger partial charge on any atom is 0.238 e. The molecule has 0 saturated carbocycles. The van der Waals surface area contributed by atoms with Gasteiger partial charge >= 0.3 is 0 Å². The summed E-state index contributed by atoms with van der Waals surface area (Å²) < 4.78 is 80.4. The fraction of sp³-hybridized carbons (Fsp3) is 0.100. The lowest BCUT2D eigenvalue weighted by Crippen LogP contribution is -2.18. The van der Waals surface area contributed by atoms with E-state index in [0.717, 1.165) is 0 Å². The van der Waals surface area contributed by atoms with Crippen molar-refractivity contribution in [3.63, 3.8) is 0 Å². The van der Waals surface area contributed by atoms with E-state index in [0.29, 0.717) is 11.8 Å². The number of benzene rings is 1. The van der Waals surface area contributed by atoms with E-state index in [1.165, 1.54) is 43.6 Å². The van der Waals surface area contributed by atoms with Crippen molar-refractivity contribution in [2.45, 2.75) is 12.7 Å². The van der Waals surface area contributed by atoms with Crippen molar-refractivity contribution in [1.82, 2.24) is 20.1 Å². The van der Waals surface area contributed by atoms with Gasteiger partial charge in [0.25, 0.3) is 0 Å². The monoisotopic (exact) mass is 492 g/mol. The Morgan fingerprint density at radius 1 is 1.12 bits per heavy atom. The van der Waals surface area contributed by atoms with Crippen LogP contribution in [0.3, 0.4) is 0 Å². The molecule has 4 rings (SSSR count). The molecule has 0 saturated heterocycles. The average molecular weight is 492 g/mol. The van der Waals surface area contributed by atoms with Gasteiger partial charge in [-0.3, -0.25) is 4.72 Å². The zero-order valence-electron chi connectivity index (χ0n) is 17.3. The second-order valence-corrected chi connectivity index (χ2v) is 8.63. The molecule has 0 aliphatic rings. The van der Waals surface area contributed by atoms with Crippen LogP contribution in [-0.2, 0) is 15.8 Å². The average Bonchev–Trinajstić information content (AvgIpc) is 3.19. The Morgan fingerprint density at radius 2 is 1.91 bits per heavy atom. The number of sulfonamides is 1. The van der Waals surface area contributed by atoms with Crippen LogP contribution < -0.4 is 15.2 Å². The number of anilines is 2. The van der Waals surface area contributed by atoms with Gasteiger partial charge in [-0.2, -0.15) is 4.39 Å². The lowest BCUT2D eigenvalue weighted by Gasteiger charge is -2.14. The standard InChI is InChI=1S/C20H15F3N6O4S/c1-10-7-11(28-33-10)9-34(30,31)29-18-13(21)8-15(16(22)17(18)23)32-19-12(3-2-5-25-19)14-4-6-26-20(24)27-14/h2-8,29H,9H2,1H3,(H2,24,26,27).